The van der Waals surface area contributed by atoms with Crippen molar-refractivity contribution in [3.05, 3.63) is 63.2 Å². The van der Waals surface area contributed by atoms with Crippen LogP contribution in [0.2, 0.25) is 0 Å². The molecule has 0 saturated heterocycles. The molecule has 2 aromatic carbocycles. The Hall–Kier alpha value is -1.56. The highest BCUT2D eigenvalue weighted by Crippen LogP contribution is 2.25. The molecule has 2 aromatic rings. The Balaban J connectivity index is 2.13. The predicted octanol–water partition coefficient (Wildman–Crippen LogP) is 4.13. The number of halogens is 1. The lowest BCUT2D eigenvalue weighted by Crippen LogP contribution is -2.13. The molecule has 0 aliphatic heterocycles. The van der Waals surface area contributed by atoms with E-state index in [9.17, 15) is 4.79 Å². The van der Waals surface area contributed by atoms with Crippen molar-refractivity contribution in [3.8, 4) is 5.75 Å². The topological polar surface area (TPSA) is 46.5 Å². The van der Waals surface area contributed by atoms with Gasteiger partial charge in [0, 0.05) is 3.57 Å². The molecule has 0 aromatic heterocycles. The second-order valence-electron chi connectivity index (χ2n) is 4.97. The third kappa shape index (κ3) is 4.74. The van der Waals surface area contributed by atoms with Crippen molar-refractivity contribution >= 4 is 28.6 Å². The van der Waals surface area contributed by atoms with Gasteiger partial charge >= 0.3 is 5.97 Å². The molecule has 3 nitrogen and oxygen atoms in total. The van der Waals surface area contributed by atoms with Gasteiger partial charge in [-0.15, -0.1) is 0 Å². The first-order valence-corrected chi connectivity index (χ1v) is 7.82. The van der Waals surface area contributed by atoms with Gasteiger partial charge in [0.15, 0.2) is 0 Å². The average Bonchev–Trinajstić information content (AvgIpc) is 2.47. The number of benzene rings is 2. The number of carboxylic acid groups (broad SMARTS) is 1. The van der Waals surface area contributed by atoms with E-state index in [1.807, 2.05) is 48.5 Å². The zero-order valence-electron chi connectivity index (χ0n) is 11.8. The number of aliphatic carboxylic acids is 1. The molecule has 0 fully saturated rings. The second kappa shape index (κ2) is 7.45. The van der Waals surface area contributed by atoms with Gasteiger partial charge in [0.25, 0.3) is 0 Å². The molecule has 110 valence electrons. The van der Waals surface area contributed by atoms with Crippen LogP contribution in [-0.2, 0) is 17.8 Å². The van der Waals surface area contributed by atoms with Gasteiger partial charge in [0.2, 0.25) is 0 Å². The van der Waals surface area contributed by atoms with Crippen molar-refractivity contribution in [3.63, 3.8) is 0 Å². The normalized spacial score (nSPS) is 11.9. The van der Waals surface area contributed by atoms with E-state index in [2.05, 4.69) is 22.6 Å². The van der Waals surface area contributed by atoms with Crippen molar-refractivity contribution in [1.29, 1.82) is 0 Å². The summed E-state index contributed by atoms with van der Waals surface area (Å²) in [5.41, 5.74) is 2.03. The van der Waals surface area contributed by atoms with Gasteiger partial charge in [-0.2, -0.15) is 0 Å². The lowest BCUT2D eigenvalue weighted by Gasteiger charge is -2.14. The van der Waals surface area contributed by atoms with E-state index in [0.717, 1.165) is 20.4 Å². The first-order chi connectivity index (χ1) is 10.1. The molecule has 0 amide bonds. The van der Waals surface area contributed by atoms with Crippen LogP contribution < -0.4 is 4.74 Å². The highest BCUT2D eigenvalue weighted by atomic mass is 127. The molecule has 0 saturated carbocycles. The van der Waals surface area contributed by atoms with E-state index >= 15 is 0 Å². The summed E-state index contributed by atoms with van der Waals surface area (Å²) in [6.45, 7) is 2.19. The molecule has 1 N–H and O–H groups in total. The van der Waals surface area contributed by atoms with Crippen LogP contribution in [0.1, 0.15) is 18.1 Å². The third-order valence-electron chi connectivity index (χ3n) is 3.21. The first kappa shape index (κ1) is 15.8. The first-order valence-electron chi connectivity index (χ1n) is 6.74. The minimum Gasteiger partial charge on any atom is -0.489 e. The minimum atomic E-state index is -0.789. The summed E-state index contributed by atoms with van der Waals surface area (Å²) in [7, 11) is 0. The van der Waals surface area contributed by atoms with Crippen molar-refractivity contribution in [2.24, 2.45) is 5.92 Å². The quantitative estimate of drug-likeness (QED) is 0.747. The summed E-state index contributed by atoms with van der Waals surface area (Å²) in [5, 5.41) is 9.07. The van der Waals surface area contributed by atoms with Crippen LogP contribution in [0.25, 0.3) is 0 Å². The summed E-state index contributed by atoms with van der Waals surface area (Å²) in [6, 6.07) is 15.8. The van der Waals surface area contributed by atoms with Crippen molar-refractivity contribution in [2.45, 2.75) is 20.0 Å². The van der Waals surface area contributed by atoms with Gasteiger partial charge in [-0.05, 0) is 58.3 Å². The summed E-state index contributed by atoms with van der Waals surface area (Å²) in [6.07, 6.45) is 0.469. The number of rotatable bonds is 6. The molecule has 0 aliphatic rings. The standard InChI is InChI=1S/C17H17IO3/c1-12(17(19)20)9-14-10-15(18)7-8-16(14)21-11-13-5-3-2-4-6-13/h2-8,10,12H,9,11H2,1H3,(H,19,20)/t12-/m0/s1. The molecule has 21 heavy (non-hydrogen) atoms. The number of carboxylic acids is 1. The summed E-state index contributed by atoms with van der Waals surface area (Å²) in [4.78, 5) is 11.0. The molecule has 0 aliphatic carbocycles. The molecule has 4 heteroatoms. The van der Waals surface area contributed by atoms with Gasteiger partial charge < -0.3 is 9.84 Å². The number of hydrogen-bond donors (Lipinski definition) is 1. The Morgan fingerprint density at radius 3 is 2.62 bits per heavy atom. The SMILES string of the molecule is C[C@@H](Cc1cc(I)ccc1OCc1ccccc1)C(=O)O. The third-order valence-corrected chi connectivity index (χ3v) is 3.88. The monoisotopic (exact) mass is 396 g/mol. The molecule has 0 spiro atoms. The molecule has 0 radical (unpaired) electrons. The second-order valence-corrected chi connectivity index (χ2v) is 6.22. The molecular weight excluding hydrogens is 379 g/mol. The van der Waals surface area contributed by atoms with Crippen molar-refractivity contribution < 1.29 is 14.6 Å². The molecule has 0 heterocycles. The van der Waals surface area contributed by atoms with Gasteiger partial charge in [0.1, 0.15) is 12.4 Å². The van der Waals surface area contributed by atoms with Crippen LogP contribution in [0.4, 0.5) is 0 Å². The van der Waals surface area contributed by atoms with Gasteiger partial charge in [-0.3, -0.25) is 4.79 Å². The molecule has 0 unspecified atom stereocenters. The van der Waals surface area contributed by atoms with Crippen LogP contribution in [0.5, 0.6) is 5.75 Å². The molecule has 1 atom stereocenters. The van der Waals surface area contributed by atoms with E-state index in [1.165, 1.54) is 0 Å². The van der Waals surface area contributed by atoms with Crippen LogP contribution in [0.15, 0.2) is 48.5 Å². The fraction of sp³-hybridized carbons (Fsp3) is 0.235. The van der Waals surface area contributed by atoms with E-state index in [1.54, 1.807) is 6.92 Å². The van der Waals surface area contributed by atoms with Crippen molar-refractivity contribution in [1.82, 2.24) is 0 Å². The molecule has 2 rings (SSSR count). The lowest BCUT2D eigenvalue weighted by molar-refractivity contribution is -0.141. The van der Waals surface area contributed by atoms with Crippen LogP contribution >= 0.6 is 22.6 Å². The maximum Gasteiger partial charge on any atom is 0.306 e. The Morgan fingerprint density at radius 1 is 1.24 bits per heavy atom. The smallest absolute Gasteiger partial charge is 0.306 e. The van der Waals surface area contributed by atoms with E-state index in [4.69, 9.17) is 9.84 Å². The summed E-state index contributed by atoms with van der Waals surface area (Å²) >= 11 is 2.22. The highest BCUT2D eigenvalue weighted by molar-refractivity contribution is 14.1. The Kier molecular flexibility index (Phi) is 5.61. The Labute approximate surface area is 138 Å². The van der Waals surface area contributed by atoms with E-state index in [-0.39, 0.29) is 0 Å². The largest absolute Gasteiger partial charge is 0.489 e. The number of hydrogen-bond acceptors (Lipinski definition) is 2. The van der Waals surface area contributed by atoms with Crippen LogP contribution in [-0.4, -0.2) is 11.1 Å². The average molecular weight is 396 g/mol. The summed E-state index contributed by atoms with van der Waals surface area (Å²) in [5.74, 6) is -0.461. The summed E-state index contributed by atoms with van der Waals surface area (Å²) < 4.78 is 6.94. The van der Waals surface area contributed by atoms with Crippen LogP contribution in [0, 0.1) is 9.49 Å². The fourth-order valence-electron chi connectivity index (χ4n) is 2.00. The predicted molar refractivity (Wildman–Crippen MR) is 90.4 cm³/mol. The fourth-order valence-corrected chi connectivity index (χ4v) is 2.56. The maximum absolute atomic E-state index is 11.0. The lowest BCUT2D eigenvalue weighted by atomic mass is 10.0. The zero-order chi connectivity index (χ0) is 15.2. The Bertz CT molecular complexity index is 611. The van der Waals surface area contributed by atoms with Crippen LogP contribution in [0.3, 0.4) is 0 Å². The maximum atomic E-state index is 11.0. The van der Waals surface area contributed by atoms with Gasteiger partial charge in [-0.1, -0.05) is 37.3 Å². The molecule has 0 bridgehead atoms. The number of ether oxygens (including phenoxy) is 1. The van der Waals surface area contributed by atoms with E-state index in [0.29, 0.717) is 13.0 Å². The zero-order valence-corrected chi connectivity index (χ0v) is 13.9. The molecular formula is C17H17IO3. The highest BCUT2D eigenvalue weighted by Gasteiger charge is 2.15. The minimum absolute atomic E-state index is 0.428. The Morgan fingerprint density at radius 2 is 1.95 bits per heavy atom. The number of carbonyl (C=O) groups is 1. The van der Waals surface area contributed by atoms with Gasteiger partial charge in [0.05, 0.1) is 5.92 Å². The van der Waals surface area contributed by atoms with E-state index < -0.39 is 11.9 Å². The van der Waals surface area contributed by atoms with Crippen molar-refractivity contribution in [2.75, 3.05) is 0 Å². The van der Waals surface area contributed by atoms with Gasteiger partial charge in [-0.25, -0.2) is 0 Å².